The Morgan fingerprint density at radius 1 is 1.09 bits per heavy atom. The third-order valence-electron chi connectivity index (χ3n) is 8.65. The maximum absolute atomic E-state index is 14.2. The molecule has 0 spiro atoms. The Balaban J connectivity index is 0.921. The molecule has 2 aliphatic rings. The lowest BCUT2D eigenvalue weighted by Gasteiger charge is -2.34. The smallest absolute Gasteiger partial charge is 0.252 e. The van der Waals surface area contributed by atoms with E-state index in [0.717, 1.165) is 86.2 Å². The number of amides is 1. The number of unbranched alkanes of at least 4 members (excludes halogenated alkanes) is 1. The summed E-state index contributed by atoms with van der Waals surface area (Å²) in [5.74, 6) is -0.637. The summed E-state index contributed by atoms with van der Waals surface area (Å²) in [5.41, 5.74) is 8.40. The molecular formula is C35H38FN5O2. The van der Waals surface area contributed by atoms with Gasteiger partial charge in [0.15, 0.2) is 0 Å². The van der Waals surface area contributed by atoms with Crippen molar-refractivity contribution in [3.05, 3.63) is 88.2 Å². The van der Waals surface area contributed by atoms with Crippen LogP contribution in [0.1, 0.15) is 58.3 Å². The number of aromatic amines is 1. The molecule has 222 valence electrons. The number of ether oxygens (including phenoxy) is 1. The summed E-state index contributed by atoms with van der Waals surface area (Å²) in [6, 6.07) is 19.4. The van der Waals surface area contributed by atoms with Crippen molar-refractivity contribution in [3.8, 4) is 17.3 Å². The maximum Gasteiger partial charge on any atom is 0.252 e. The van der Waals surface area contributed by atoms with Crippen LogP contribution in [-0.4, -0.2) is 49.8 Å². The van der Waals surface area contributed by atoms with Crippen LogP contribution in [0.3, 0.4) is 0 Å². The van der Waals surface area contributed by atoms with Crippen molar-refractivity contribution in [3.63, 3.8) is 0 Å². The second-order valence-corrected chi connectivity index (χ2v) is 11.6. The van der Waals surface area contributed by atoms with E-state index < -0.39 is 5.82 Å². The fraction of sp³-hybridized carbons (Fsp3) is 0.371. The van der Waals surface area contributed by atoms with E-state index in [1.807, 2.05) is 12.1 Å². The number of carbonyl (C=O) groups is 1. The molecule has 3 heterocycles. The van der Waals surface area contributed by atoms with Crippen LogP contribution in [0.4, 0.5) is 10.1 Å². The Labute approximate surface area is 252 Å². The number of hydrogen-bond acceptors (Lipinski definition) is 5. The van der Waals surface area contributed by atoms with Gasteiger partial charge < -0.3 is 25.3 Å². The number of hydrogen-bond donors (Lipinski definition) is 3. The van der Waals surface area contributed by atoms with Gasteiger partial charge in [0.05, 0.1) is 23.3 Å². The number of nitrogens with one attached hydrogen (secondary N) is 3. The Morgan fingerprint density at radius 2 is 1.91 bits per heavy atom. The number of carbonyl (C=O) groups excluding carboxylic acids is 1. The second-order valence-electron chi connectivity index (χ2n) is 11.6. The quantitative estimate of drug-likeness (QED) is 0.201. The van der Waals surface area contributed by atoms with Crippen LogP contribution in [0.2, 0.25) is 0 Å². The highest BCUT2D eigenvalue weighted by atomic mass is 19.1. The monoisotopic (exact) mass is 579 g/mol. The molecule has 0 atom stereocenters. The number of halogens is 1. The Morgan fingerprint density at radius 3 is 2.67 bits per heavy atom. The van der Waals surface area contributed by atoms with Crippen molar-refractivity contribution in [2.45, 2.75) is 51.7 Å². The number of aryl methyl sites for hydroxylation is 1. The number of nitrogens with zero attached hydrogens (tertiary/aromatic N) is 2. The number of H-pyrrole nitrogens is 1. The number of anilines is 1. The zero-order chi connectivity index (χ0) is 29.8. The fourth-order valence-corrected chi connectivity index (χ4v) is 6.40. The van der Waals surface area contributed by atoms with E-state index in [0.29, 0.717) is 35.7 Å². The van der Waals surface area contributed by atoms with Gasteiger partial charge in [-0.3, -0.25) is 4.79 Å². The average Bonchev–Trinajstić information content (AvgIpc) is 3.29. The van der Waals surface area contributed by atoms with Gasteiger partial charge in [-0.15, -0.1) is 0 Å². The van der Waals surface area contributed by atoms with Gasteiger partial charge in [-0.25, -0.2) is 4.39 Å². The Kier molecular flexibility index (Phi) is 8.73. The molecule has 0 aliphatic carbocycles. The summed E-state index contributed by atoms with van der Waals surface area (Å²) >= 11 is 0. The molecule has 0 saturated carbocycles. The topological polar surface area (TPSA) is 93.2 Å². The van der Waals surface area contributed by atoms with Crippen LogP contribution in [0.5, 0.6) is 0 Å². The molecule has 0 bridgehead atoms. The van der Waals surface area contributed by atoms with Gasteiger partial charge >= 0.3 is 0 Å². The second kappa shape index (κ2) is 13.0. The van der Waals surface area contributed by atoms with Gasteiger partial charge in [-0.2, -0.15) is 5.26 Å². The predicted molar refractivity (Wildman–Crippen MR) is 168 cm³/mol. The standard InChI is InChI=1S/C35H38FN5O2/c1-23-18-25(21-37)6-9-32(23)41-15-11-28(12-16-41)43-17-3-2-13-38-22-24-4-7-26(8-5-24)34-29-10-14-39-35(42)30-19-27(36)20-31(40-34)33(29)30/h4-9,18-20,28,38,40H,2-3,10-17,22H2,1H3,(H,39,42). The minimum Gasteiger partial charge on any atom is -0.378 e. The molecule has 3 N–H and O–H groups in total. The summed E-state index contributed by atoms with van der Waals surface area (Å²) < 4.78 is 20.4. The first-order valence-corrected chi connectivity index (χ1v) is 15.3. The summed E-state index contributed by atoms with van der Waals surface area (Å²) in [5, 5.41) is 16.3. The van der Waals surface area contributed by atoms with Gasteiger partial charge in [0.25, 0.3) is 5.91 Å². The SMILES string of the molecule is Cc1cc(C#N)ccc1N1CCC(OCCCCNCc2ccc(-c3[nH]c4cc(F)cc5c4c3CCNC5=O)cc2)CC1. The van der Waals surface area contributed by atoms with Crippen molar-refractivity contribution < 1.29 is 13.9 Å². The van der Waals surface area contributed by atoms with Gasteiger partial charge in [-0.1, -0.05) is 24.3 Å². The summed E-state index contributed by atoms with van der Waals surface area (Å²) in [6.07, 6.45) is 5.17. The zero-order valence-electron chi connectivity index (χ0n) is 24.6. The number of nitriles is 1. The van der Waals surface area contributed by atoms with E-state index in [9.17, 15) is 9.18 Å². The highest BCUT2D eigenvalue weighted by Crippen LogP contribution is 2.35. The molecular weight excluding hydrogens is 541 g/mol. The molecule has 1 aromatic heterocycles. The van der Waals surface area contributed by atoms with Crippen molar-refractivity contribution >= 4 is 22.5 Å². The van der Waals surface area contributed by atoms with Crippen molar-refractivity contribution in [2.24, 2.45) is 0 Å². The van der Waals surface area contributed by atoms with Gasteiger partial charge in [0.2, 0.25) is 0 Å². The van der Waals surface area contributed by atoms with Gasteiger partial charge in [0, 0.05) is 55.1 Å². The van der Waals surface area contributed by atoms with E-state index in [2.05, 4.69) is 63.8 Å². The highest BCUT2D eigenvalue weighted by molar-refractivity contribution is 6.10. The minimum atomic E-state index is -0.414. The number of rotatable bonds is 10. The molecule has 3 aromatic carbocycles. The van der Waals surface area contributed by atoms with Crippen LogP contribution >= 0.6 is 0 Å². The molecule has 8 heteroatoms. The average molecular weight is 580 g/mol. The fourth-order valence-electron chi connectivity index (χ4n) is 6.40. The van der Waals surface area contributed by atoms with Crippen molar-refractivity contribution in [1.82, 2.24) is 15.6 Å². The lowest BCUT2D eigenvalue weighted by molar-refractivity contribution is 0.0350. The molecule has 1 fully saturated rings. The third-order valence-corrected chi connectivity index (χ3v) is 8.65. The number of piperidine rings is 1. The lowest BCUT2D eigenvalue weighted by atomic mass is 9.99. The zero-order valence-corrected chi connectivity index (χ0v) is 24.6. The molecule has 1 amide bonds. The molecule has 43 heavy (non-hydrogen) atoms. The first kappa shape index (κ1) is 28.9. The van der Waals surface area contributed by atoms with Crippen LogP contribution < -0.4 is 15.5 Å². The van der Waals surface area contributed by atoms with Crippen LogP contribution in [-0.2, 0) is 17.7 Å². The maximum atomic E-state index is 14.2. The van der Waals surface area contributed by atoms with E-state index in [-0.39, 0.29) is 5.91 Å². The summed E-state index contributed by atoms with van der Waals surface area (Å²) in [6.45, 7) is 7.08. The molecule has 6 rings (SSSR count). The first-order valence-electron chi connectivity index (χ1n) is 15.3. The van der Waals surface area contributed by atoms with Crippen LogP contribution in [0.15, 0.2) is 54.6 Å². The van der Waals surface area contributed by atoms with Gasteiger partial charge in [0.1, 0.15) is 5.82 Å². The normalized spacial score (nSPS) is 15.4. The van der Waals surface area contributed by atoms with E-state index in [1.54, 1.807) is 0 Å². The molecule has 4 aromatic rings. The molecule has 1 saturated heterocycles. The molecule has 2 aliphatic heterocycles. The summed E-state index contributed by atoms with van der Waals surface area (Å²) in [7, 11) is 0. The highest BCUT2D eigenvalue weighted by Gasteiger charge is 2.24. The third kappa shape index (κ3) is 6.43. The molecule has 7 nitrogen and oxygen atoms in total. The van der Waals surface area contributed by atoms with Crippen molar-refractivity contribution in [1.29, 1.82) is 5.26 Å². The van der Waals surface area contributed by atoms with E-state index in [4.69, 9.17) is 10.00 Å². The Bertz CT molecular complexity index is 1650. The molecule has 0 radical (unpaired) electrons. The number of benzene rings is 3. The minimum absolute atomic E-state index is 0.224. The Hall–Kier alpha value is -4.19. The van der Waals surface area contributed by atoms with E-state index >= 15 is 0 Å². The van der Waals surface area contributed by atoms with Crippen LogP contribution in [0, 0.1) is 24.1 Å². The van der Waals surface area contributed by atoms with Crippen molar-refractivity contribution in [2.75, 3.05) is 37.7 Å². The predicted octanol–water partition coefficient (Wildman–Crippen LogP) is 6.00. The van der Waals surface area contributed by atoms with Gasteiger partial charge in [-0.05, 0) is 98.2 Å². The molecule has 0 unspecified atom stereocenters. The first-order chi connectivity index (χ1) is 21.0. The lowest BCUT2D eigenvalue weighted by Crippen LogP contribution is -2.37. The largest absolute Gasteiger partial charge is 0.378 e. The summed E-state index contributed by atoms with van der Waals surface area (Å²) in [4.78, 5) is 18.2. The number of aromatic nitrogens is 1. The van der Waals surface area contributed by atoms with E-state index in [1.165, 1.54) is 23.4 Å². The van der Waals surface area contributed by atoms with Crippen LogP contribution in [0.25, 0.3) is 22.2 Å².